The molecule has 1 aliphatic carbocycles. The van der Waals surface area contributed by atoms with Gasteiger partial charge in [0.25, 0.3) is 0 Å². The van der Waals surface area contributed by atoms with Crippen molar-refractivity contribution in [2.45, 2.75) is 43.9 Å². The smallest absolute Gasteiger partial charge is 0.328 e. The number of nitrogens with one attached hydrogen (secondary N) is 2. The van der Waals surface area contributed by atoms with Crippen LogP contribution in [0.4, 0.5) is 11.8 Å². The summed E-state index contributed by atoms with van der Waals surface area (Å²) >= 11 is 0. The van der Waals surface area contributed by atoms with Crippen LogP contribution in [-0.4, -0.2) is 65.4 Å². The summed E-state index contributed by atoms with van der Waals surface area (Å²) < 4.78 is 12.2. The van der Waals surface area contributed by atoms with Gasteiger partial charge in [0.1, 0.15) is 17.4 Å². The predicted octanol–water partition coefficient (Wildman–Crippen LogP) is 0.803. The molecule has 3 atom stereocenters. The zero-order valence-corrected chi connectivity index (χ0v) is 16.5. The van der Waals surface area contributed by atoms with Gasteiger partial charge in [0, 0.05) is 38.7 Å². The van der Waals surface area contributed by atoms with Gasteiger partial charge in [-0.2, -0.15) is 4.98 Å². The molecule has 154 valence electrons. The summed E-state index contributed by atoms with van der Waals surface area (Å²) in [6.07, 6.45) is 5.72. The van der Waals surface area contributed by atoms with Gasteiger partial charge in [-0.1, -0.05) is 0 Å². The molecule has 10 heteroatoms. The Hall–Kier alpha value is -2.72. The molecule has 2 saturated heterocycles. The lowest BCUT2D eigenvalue weighted by molar-refractivity contribution is -0.142. The van der Waals surface area contributed by atoms with Gasteiger partial charge in [-0.05, 0) is 30.9 Å². The van der Waals surface area contributed by atoms with Crippen molar-refractivity contribution in [3.05, 3.63) is 18.3 Å². The molecule has 10 nitrogen and oxygen atoms in total. The number of hydrazine groups is 1. The molecular formula is C19H25N7O3. The van der Waals surface area contributed by atoms with Crippen molar-refractivity contribution in [3.8, 4) is 0 Å². The van der Waals surface area contributed by atoms with Crippen molar-refractivity contribution < 1.29 is 14.3 Å². The number of carbonyl (C=O) groups excluding carboxylic acids is 1. The quantitative estimate of drug-likeness (QED) is 0.712. The minimum absolute atomic E-state index is 0.0854. The first-order valence-electron chi connectivity index (χ1n) is 9.98. The second-order valence-corrected chi connectivity index (χ2v) is 7.83. The molecule has 4 heterocycles. The SMILES string of the molecule is COC(=O)[C@@H]1C[C@H](OC)CN1c1nc(N=C2CC(C3CC3)NN2)c2cccn2n1. The maximum Gasteiger partial charge on any atom is 0.328 e. The van der Waals surface area contributed by atoms with Crippen LogP contribution in [0.15, 0.2) is 23.3 Å². The Kier molecular flexibility index (Phi) is 4.59. The van der Waals surface area contributed by atoms with Gasteiger partial charge in [-0.25, -0.2) is 19.7 Å². The second-order valence-electron chi connectivity index (χ2n) is 7.83. The molecule has 2 aromatic rings. The number of aliphatic imine (C=N–C) groups is 1. The average Bonchev–Trinajstić information content (AvgIpc) is 3.13. The van der Waals surface area contributed by atoms with Crippen LogP contribution in [0.1, 0.15) is 25.7 Å². The molecule has 0 radical (unpaired) electrons. The molecule has 3 aliphatic rings. The van der Waals surface area contributed by atoms with E-state index in [1.54, 1.807) is 11.6 Å². The second kappa shape index (κ2) is 7.27. The molecule has 2 N–H and O–H groups in total. The number of rotatable bonds is 5. The van der Waals surface area contributed by atoms with E-state index < -0.39 is 6.04 Å². The van der Waals surface area contributed by atoms with E-state index in [1.165, 1.54) is 20.0 Å². The zero-order chi connectivity index (χ0) is 20.0. The monoisotopic (exact) mass is 399 g/mol. The molecule has 3 fully saturated rings. The van der Waals surface area contributed by atoms with E-state index in [0.29, 0.717) is 30.8 Å². The van der Waals surface area contributed by atoms with E-state index in [2.05, 4.69) is 16.0 Å². The number of esters is 1. The fourth-order valence-corrected chi connectivity index (χ4v) is 4.13. The molecule has 1 saturated carbocycles. The van der Waals surface area contributed by atoms with Crippen LogP contribution in [0.3, 0.4) is 0 Å². The maximum atomic E-state index is 12.3. The molecule has 2 aromatic heterocycles. The Morgan fingerprint density at radius 1 is 1.34 bits per heavy atom. The Morgan fingerprint density at radius 2 is 2.21 bits per heavy atom. The molecule has 0 amide bonds. The molecule has 29 heavy (non-hydrogen) atoms. The molecule has 0 spiro atoms. The number of amidine groups is 1. The lowest BCUT2D eigenvalue weighted by atomic mass is 10.1. The van der Waals surface area contributed by atoms with Gasteiger partial charge in [0.05, 0.1) is 13.2 Å². The fraction of sp³-hybridized carbons (Fsp3) is 0.579. The Labute approximate surface area is 168 Å². The van der Waals surface area contributed by atoms with Crippen LogP contribution < -0.4 is 15.8 Å². The van der Waals surface area contributed by atoms with E-state index >= 15 is 0 Å². The fourth-order valence-electron chi connectivity index (χ4n) is 4.13. The number of aromatic nitrogens is 3. The first kappa shape index (κ1) is 18.3. The van der Waals surface area contributed by atoms with Crippen LogP contribution in [0.2, 0.25) is 0 Å². The topological polar surface area (TPSA) is 105 Å². The highest BCUT2D eigenvalue weighted by Crippen LogP contribution is 2.35. The van der Waals surface area contributed by atoms with E-state index in [1.807, 2.05) is 23.2 Å². The highest BCUT2D eigenvalue weighted by Gasteiger charge is 2.40. The number of fused-ring (bicyclic) bond motifs is 1. The minimum atomic E-state index is -0.482. The number of nitrogens with zero attached hydrogens (tertiary/aromatic N) is 5. The number of carbonyl (C=O) groups is 1. The van der Waals surface area contributed by atoms with Crippen molar-refractivity contribution in [2.75, 3.05) is 25.7 Å². The minimum Gasteiger partial charge on any atom is -0.467 e. The lowest BCUT2D eigenvalue weighted by Gasteiger charge is -2.22. The number of hydrogen-bond acceptors (Lipinski definition) is 8. The highest BCUT2D eigenvalue weighted by atomic mass is 16.5. The Balaban J connectivity index is 1.49. The number of anilines is 1. The number of methoxy groups -OCH3 is 2. The highest BCUT2D eigenvalue weighted by molar-refractivity contribution is 5.88. The van der Waals surface area contributed by atoms with E-state index in [9.17, 15) is 4.79 Å². The van der Waals surface area contributed by atoms with E-state index in [4.69, 9.17) is 19.5 Å². The Morgan fingerprint density at radius 3 is 2.97 bits per heavy atom. The van der Waals surface area contributed by atoms with Gasteiger partial charge in [-0.3, -0.25) is 0 Å². The van der Waals surface area contributed by atoms with E-state index in [-0.39, 0.29) is 12.1 Å². The largest absolute Gasteiger partial charge is 0.467 e. The summed E-state index contributed by atoms with van der Waals surface area (Å²) in [4.78, 5) is 23.7. The van der Waals surface area contributed by atoms with Gasteiger partial charge in [0.15, 0.2) is 5.82 Å². The van der Waals surface area contributed by atoms with Crippen molar-refractivity contribution in [1.29, 1.82) is 0 Å². The summed E-state index contributed by atoms with van der Waals surface area (Å²) in [5, 5.41) is 4.60. The van der Waals surface area contributed by atoms with Gasteiger partial charge < -0.3 is 19.8 Å². The molecule has 0 aromatic carbocycles. The third kappa shape index (κ3) is 3.42. The zero-order valence-electron chi connectivity index (χ0n) is 16.5. The van der Waals surface area contributed by atoms with Gasteiger partial charge >= 0.3 is 5.97 Å². The standard InChI is InChI=1S/C19H25N7O3/c1-28-12-8-15(18(27)29-2)25(10-12)19-21-17(14-4-3-7-26(14)24-19)20-16-9-13(22-23-16)11-5-6-11/h3-4,7,11-13,15,22H,5-6,8-10H2,1-2H3,(H,20,21,23,24)/t12-,13?,15-/m0/s1. The first-order chi connectivity index (χ1) is 14.2. The Bertz CT molecular complexity index is 954. The van der Waals surface area contributed by atoms with Gasteiger partial charge in [-0.15, -0.1) is 5.10 Å². The van der Waals surface area contributed by atoms with E-state index in [0.717, 1.165) is 23.7 Å². The molecular weight excluding hydrogens is 374 g/mol. The number of hydrogen-bond donors (Lipinski definition) is 2. The third-order valence-corrected chi connectivity index (χ3v) is 5.93. The normalized spacial score (nSPS) is 28.3. The van der Waals surface area contributed by atoms with Crippen molar-refractivity contribution in [3.63, 3.8) is 0 Å². The average molecular weight is 399 g/mol. The van der Waals surface area contributed by atoms with Gasteiger partial charge in [0.2, 0.25) is 5.95 Å². The van der Waals surface area contributed by atoms with Crippen molar-refractivity contribution in [2.24, 2.45) is 10.9 Å². The molecule has 5 rings (SSSR count). The maximum absolute atomic E-state index is 12.3. The van der Waals surface area contributed by atoms with Crippen LogP contribution in [0.25, 0.3) is 5.52 Å². The van der Waals surface area contributed by atoms with Crippen molar-refractivity contribution >= 4 is 29.1 Å². The van der Waals surface area contributed by atoms with Crippen LogP contribution >= 0.6 is 0 Å². The summed E-state index contributed by atoms with van der Waals surface area (Å²) in [5.74, 6) is 2.30. The number of ether oxygens (including phenoxy) is 2. The lowest BCUT2D eigenvalue weighted by Crippen LogP contribution is -2.38. The predicted molar refractivity (Wildman–Crippen MR) is 106 cm³/mol. The van der Waals surface area contributed by atoms with Crippen LogP contribution in [0, 0.1) is 5.92 Å². The molecule has 1 unspecified atom stereocenters. The molecule has 2 aliphatic heterocycles. The molecule has 0 bridgehead atoms. The third-order valence-electron chi connectivity index (χ3n) is 5.93. The summed E-state index contributed by atoms with van der Waals surface area (Å²) in [7, 11) is 3.04. The van der Waals surface area contributed by atoms with Crippen LogP contribution in [-0.2, 0) is 14.3 Å². The summed E-state index contributed by atoms with van der Waals surface area (Å²) in [6.45, 7) is 0.516. The van der Waals surface area contributed by atoms with Crippen LogP contribution in [0.5, 0.6) is 0 Å². The van der Waals surface area contributed by atoms with Crippen molar-refractivity contribution in [1.82, 2.24) is 25.4 Å². The summed E-state index contributed by atoms with van der Waals surface area (Å²) in [6, 6.07) is 3.79. The summed E-state index contributed by atoms with van der Waals surface area (Å²) in [5.41, 5.74) is 7.34. The first-order valence-corrected chi connectivity index (χ1v) is 9.98.